The van der Waals surface area contributed by atoms with Crippen molar-refractivity contribution in [3.63, 3.8) is 0 Å². The number of hydrogen-bond donors (Lipinski definition) is 0. The van der Waals surface area contributed by atoms with Crippen molar-refractivity contribution in [1.29, 1.82) is 0 Å². The van der Waals surface area contributed by atoms with E-state index in [4.69, 9.17) is 0 Å². The zero-order valence-corrected chi connectivity index (χ0v) is 32.5. The molecular formula is C38H30Au2N8P2. The van der Waals surface area contributed by atoms with Gasteiger partial charge in [0.1, 0.15) is 0 Å². The van der Waals surface area contributed by atoms with Gasteiger partial charge in [-0.1, -0.05) is 182 Å². The average Bonchev–Trinajstić information content (AvgIpc) is 3.91. The Morgan fingerprint density at radius 1 is 0.300 bits per heavy atom. The second-order valence-corrected chi connectivity index (χ2v) is 14.5. The van der Waals surface area contributed by atoms with Crippen LogP contribution in [0.15, 0.2) is 182 Å². The van der Waals surface area contributed by atoms with Gasteiger partial charge in [0.15, 0.2) is 0 Å². The van der Waals surface area contributed by atoms with Crippen molar-refractivity contribution in [2.24, 2.45) is 0 Å². The van der Waals surface area contributed by atoms with E-state index in [1.165, 1.54) is 31.8 Å². The summed E-state index contributed by atoms with van der Waals surface area (Å²) in [5.74, 6) is 0.481. The number of benzene rings is 6. The van der Waals surface area contributed by atoms with E-state index in [1.54, 1.807) is 0 Å². The fourth-order valence-corrected chi connectivity index (χ4v) is 9.44. The zero-order valence-electron chi connectivity index (χ0n) is 26.4. The second-order valence-electron chi connectivity index (χ2n) is 10.1. The Labute approximate surface area is 325 Å². The van der Waals surface area contributed by atoms with Gasteiger partial charge in [-0.15, -0.1) is 0 Å². The third-order valence-electron chi connectivity index (χ3n) is 6.92. The Bertz CT molecular complexity index is 1670. The molecule has 0 saturated heterocycles. The van der Waals surface area contributed by atoms with Crippen LogP contribution in [-0.2, 0) is 44.8 Å². The van der Waals surface area contributed by atoms with Crippen LogP contribution < -0.4 is 42.0 Å². The quantitative estimate of drug-likeness (QED) is 0.170. The molecule has 2 heterocycles. The Kier molecular flexibility index (Phi) is 16.3. The molecule has 0 fully saturated rings. The van der Waals surface area contributed by atoms with E-state index in [9.17, 15) is 0 Å². The van der Waals surface area contributed by atoms with Crippen LogP contribution in [0.1, 0.15) is 0 Å². The Balaban J connectivity index is 0.000000173. The topological polar surface area (TPSA) is 106 Å². The molecule has 12 heteroatoms. The maximum Gasteiger partial charge on any atom is 1.00 e. The first kappa shape index (κ1) is 38.6. The van der Waals surface area contributed by atoms with E-state index < -0.39 is 15.8 Å². The summed E-state index contributed by atoms with van der Waals surface area (Å²) in [6.45, 7) is 0. The average molecular weight is 1050 g/mol. The summed E-state index contributed by atoms with van der Waals surface area (Å²) in [7, 11) is -0.892. The number of tetrazole rings is 2. The molecule has 0 aliphatic carbocycles. The van der Waals surface area contributed by atoms with Crippen LogP contribution in [0, 0.1) is 0 Å². The van der Waals surface area contributed by atoms with Crippen LogP contribution in [0.5, 0.6) is 0 Å². The Morgan fingerprint density at radius 3 is 0.660 bits per heavy atom. The van der Waals surface area contributed by atoms with Crippen molar-refractivity contribution in [3.8, 4) is 11.6 Å². The van der Waals surface area contributed by atoms with Gasteiger partial charge in [0.25, 0.3) is 0 Å². The first-order valence-corrected chi connectivity index (χ1v) is 17.8. The third kappa shape index (κ3) is 10.9. The predicted octanol–water partition coefficient (Wildman–Crippen LogP) is 4.52. The largest absolute Gasteiger partial charge is 1.00 e. The van der Waals surface area contributed by atoms with E-state index in [1.807, 2.05) is 0 Å². The first-order valence-electron chi connectivity index (χ1n) is 15.2. The van der Waals surface area contributed by atoms with Gasteiger partial charge in [0.2, 0.25) is 0 Å². The molecule has 2 aromatic heterocycles. The Hall–Kier alpha value is -4.20. The van der Waals surface area contributed by atoms with Crippen LogP contribution >= 0.6 is 15.8 Å². The van der Waals surface area contributed by atoms with Crippen molar-refractivity contribution in [3.05, 3.63) is 182 Å². The monoisotopic (exact) mass is 1050 g/mol. The van der Waals surface area contributed by atoms with Crippen LogP contribution in [0.3, 0.4) is 0 Å². The summed E-state index contributed by atoms with van der Waals surface area (Å²) in [6, 6.07) is 64.7. The number of hydrogen-bond acceptors (Lipinski definition) is 6. The van der Waals surface area contributed by atoms with Crippen molar-refractivity contribution >= 4 is 47.7 Å². The third-order valence-corrected chi connectivity index (χ3v) is 11.8. The van der Waals surface area contributed by atoms with Crippen molar-refractivity contribution in [2.75, 3.05) is 0 Å². The summed E-state index contributed by atoms with van der Waals surface area (Å²) in [5.41, 5.74) is 0. The van der Waals surface area contributed by atoms with E-state index >= 15 is 0 Å². The van der Waals surface area contributed by atoms with E-state index in [2.05, 4.69) is 223 Å². The van der Waals surface area contributed by atoms with Gasteiger partial charge >= 0.3 is 44.8 Å². The van der Waals surface area contributed by atoms with Crippen LogP contribution in [0.4, 0.5) is 0 Å². The summed E-state index contributed by atoms with van der Waals surface area (Å²) < 4.78 is 0. The molecule has 0 atom stereocenters. The van der Waals surface area contributed by atoms with Gasteiger partial charge in [-0.2, -0.15) is 10.4 Å². The summed E-state index contributed by atoms with van der Waals surface area (Å²) in [4.78, 5) is 0. The van der Waals surface area contributed by atoms with Crippen molar-refractivity contribution in [2.45, 2.75) is 0 Å². The molecule has 0 aliphatic heterocycles. The molecule has 0 unspecified atom stereocenters. The molecule has 6 aromatic carbocycles. The van der Waals surface area contributed by atoms with Crippen LogP contribution in [0.2, 0.25) is 0 Å². The van der Waals surface area contributed by atoms with Gasteiger partial charge in [0.05, 0.1) is 0 Å². The molecule has 8 rings (SSSR count). The minimum absolute atomic E-state index is 0. The molecule has 8 aromatic rings. The summed E-state index contributed by atoms with van der Waals surface area (Å²) in [5, 5.41) is 35.2. The molecule has 0 aliphatic rings. The SMILES string of the molecule is [Au+].[Au+].c1ccc(P(c2ccccc2)c2ccccc2)cc1.c1ccc(P(c2ccccc2)c2ccccc2)cc1.n1n[n-]c(-c2nnn[n-]2)n1. The molecule has 0 bridgehead atoms. The van der Waals surface area contributed by atoms with Gasteiger partial charge in [-0.05, 0) is 47.7 Å². The molecule has 0 radical (unpaired) electrons. The van der Waals surface area contributed by atoms with E-state index in [0.717, 1.165) is 0 Å². The molecule has 0 amide bonds. The standard InChI is InChI=1S/2C18H15P.C2N8.2Au/c2*1-4-10-16(11-5-1)19(17-12-6-2-7-13-17)18-14-8-3-9-15-18;3-1(4-8-7-3)2-5-9-10-6-2;;/h2*1-15H;;;/q;;-2;2*+1. The van der Waals surface area contributed by atoms with Crippen molar-refractivity contribution in [1.82, 2.24) is 41.2 Å². The number of rotatable bonds is 7. The van der Waals surface area contributed by atoms with Gasteiger partial charge < -0.3 is 10.2 Å². The molecule has 254 valence electrons. The molecule has 8 nitrogen and oxygen atoms in total. The maximum atomic E-state index is 3.48. The smallest absolute Gasteiger partial charge is 0.330 e. The van der Waals surface area contributed by atoms with E-state index in [-0.39, 0.29) is 56.4 Å². The molecule has 0 spiro atoms. The van der Waals surface area contributed by atoms with Gasteiger partial charge in [0, 0.05) is 11.6 Å². The molecule has 0 N–H and O–H groups in total. The van der Waals surface area contributed by atoms with E-state index in [0.29, 0.717) is 0 Å². The first-order chi connectivity index (χ1) is 23.9. The normalized spacial score (nSPS) is 10.0. The maximum absolute atomic E-state index is 3.48. The van der Waals surface area contributed by atoms with Crippen molar-refractivity contribution < 1.29 is 44.8 Å². The predicted molar refractivity (Wildman–Crippen MR) is 196 cm³/mol. The Morgan fingerprint density at radius 2 is 0.500 bits per heavy atom. The minimum Gasteiger partial charge on any atom is -0.330 e. The number of aromatic nitrogens is 8. The fourth-order valence-electron chi connectivity index (χ4n) is 4.83. The number of nitrogens with zero attached hydrogens (tertiary/aromatic N) is 8. The fraction of sp³-hybridized carbons (Fsp3) is 0. The van der Waals surface area contributed by atoms with Gasteiger partial charge in [-0.25, -0.2) is 0 Å². The van der Waals surface area contributed by atoms with Crippen LogP contribution in [-0.4, -0.2) is 31.1 Å². The van der Waals surface area contributed by atoms with Gasteiger partial charge in [-0.3, -0.25) is 20.6 Å². The molecule has 0 saturated carbocycles. The summed E-state index contributed by atoms with van der Waals surface area (Å²) >= 11 is 0. The summed E-state index contributed by atoms with van der Waals surface area (Å²) in [6.07, 6.45) is 0. The molecule has 50 heavy (non-hydrogen) atoms. The minimum atomic E-state index is -0.446. The second kappa shape index (κ2) is 21.1. The zero-order chi connectivity index (χ0) is 32.6. The molecular weight excluding hydrogens is 1020 g/mol. The van der Waals surface area contributed by atoms with Crippen LogP contribution in [0.25, 0.3) is 11.6 Å².